The summed E-state index contributed by atoms with van der Waals surface area (Å²) in [5.41, 5.74) is 6.97. The van der Waals surface area contributed by atoms with Crippen molar-refractivity contribution in [3.8, 4) is 5.75 Å². The summed E-state index contributed by atoms with van der Waals surface area (Å²) in [6, 6.07) is 5.92. The van der Waals surface area contributed by atoms with Gasteiger partial charge in [-0.3, -0.25) is 0 Å². The molecule has 0 aliphatic rings. The maximum absolute atomic E-state index is 6.30. The molecule has 1 aromatic heterocycles. The number of ether oxygens (including phenoxy) is 1. The van der Waals surface area contributed by atoms with E-state index in [1.165, 1.54) is 0 Å². The molecule has 2 N–H and O–H groups in total. The minimum absolute atomic E-state index is 0.328. The van der Waals surface area contributed by atoms with Crippen LogP contribution in [0, 0.1) is 0 Å². The van der Waals surface area contributed by atoms with Crippen LogP contribution in [0.5, 0.6) is 5.75 Å². The Morgan fingerprint density at radius 1 is 1.47 bits per heavy atom. The molecule has 0 fully saturated rings. The van der Waals surface area contributed by atoms with Crippen molar-refractivity contribution in [2.45, 2.75) is 32.2 Å². The molecule has 2 rings (SSSR count). The topological polar surface area (TPSA) is 48.1 Å². The first-order chi connectivity index (χ1) is 8.06. The van der Waals surface area contributed by atoms with Crippen molar-refractivity contribution in [2.75, 3.05) is 7.11 Å². The second-order valence-corrected chi connectivity index (χ2v) is 5.55. The maximum atomic E-state index is 6.30. The first-order valence-electron chi connectivity index (χ1n) is 5.81. The summed E-state index contributed by atoms with van der Waals surface area (Å²) < 4.78 is 6.34. The van der Waals surface area contributed by atoms with Gasteiger partial charge in [0, 0.05) is 0 Å². The number of hydrogen-bond acceptors (Lipinski definition) is 4. The SMILES string of the molecule is CCCC(C)(N)c1nc2ccc(OC)cc2s1. The van der Waals surface area contributed by atoms with Crippen molar-refractivity contribution in [2.24, 2.45) is 5.73 Å². The Morgan fingerprint density at radius 3 is 2.88 bits per heavy atom. The van der Waals surface area contributed by atoms with Crippen LogP contribution in [0.25, 0.3) is 10.2 Å². The lowest BCUT2D eigenvalue weighted by molar-refractivity contribution is 0.415. The summed E-state index contributed by atoms with van der Waals surface area (Å²) in [5, 5.41) is 1.00. The van der Waals surface area contributed by atoms with E-state index in [-0.39, 0.29) is 5.54 Å². The fourth-order valence-corrected chi connectivity index (χ4v) is 2.98. The molecule has 0 amide bonds. The van der Waals surface area contributed by atoms with E-state index < -0.39 is 0 Å². The van der Waals surface area contributed by atoms with E-state index in [0.29, 0.717) is 0 Å². The van der Waals surface area contributed by atoms with E-state index in [0.717, 1.165) is 33.8 Å². The zero-order valence-corrected chi connectivity index (χ0v) is 11.3. The summed E-state index contributed by atoms with van der Waals surface area (Å²) in [6.07, 6.45) is 2.01. The third kappa shape index (κ3) is 2.42. The molecule has 1 aromatic carbocycles. The zero-order chi connectivity index (χ0) is 12.5. The van der Waals surface area contributed by atoms with Gasteiger partial charge in [-0.1, -0.05) is 13.3 Å². The highest BCUT2D eigenvalue weighted by atomic mass is 32.1. The van der Waals surface area contributed by atoms with Gasteiger partial charge in [-0.2, -0.15) is 0 Å². The quantitative estimate of drug-likeness (QED) is 0.906. The fraction of sp³-hybridized carbons (Fsp3) is 0.462. The van der Waals surface area contributed by atoms with Gasteiger partial charge in [-0.15, -0.1) is 11.3 Å². The van der Waals surface area contributed by atoms with E-state index >= 15 is 0 Å². The highest BCUT2D eigenvalue weighted by Gasteiger charge is 2.24. The summed E-state index contributed by atoms with van der Waals surface area (Å²) in [4.78, 5) is 4.62. The van der Waals surface area contributed by atoms with Crippen molar-refractivity contribution >= 4 is 21.6 Å². The number of hydrogen-bond donors (Lipinski definition) is 1. The summed E-state index contributed by atoms with van der Waals surface area (Å²) >= 11 is 1.66. The van der Waals surface area contributed by atoms with Crippen LogP contribution in [0.4, 0.5) is 0 Å². The van der Waals surface area contributed by atoms with Crippen molar-refractivity contribution in [1.29, 1.82) is 0 Å². The lowest BCUT2D eigenvalue weighted by Gasteiger charge is -2.20. The molecular formula is C13H18N2OS. The number of rotatable bonds is 4. The van der Waals surface area contributed by atoms with Gasteiger partial charge in [0.1, 0.15) is 10.8 Å². The smallest absolute Gasteiger partial charge is 0.120 e. The van der Waals surface area contributed by atoms with Gasteiger partial charge in [-0.25, -0.2) is 4.98 Å². The molecule has 0 aliphatic carbocycles. The van der Waals surface area contributed by atoms with Crippen LogP contribution in [0.3, 0.4) is 0 Å². The van der Waals surface area contributed by atoms with E-state index in [4.69, 9.17) is 10.5 Å². The third-order valence-electron chi connectivity index (χ3n) is 2.85. The maximum Gasteiger partial charge on any atom is 0.120 e. The predicted molar refractivity (Wildman–Crippen MR) is 72.6 cm³/mol. The van der Waals surface area contributed by atoms with E-state index in [1.54, 1.807) is 18.4 Å². The van der Waals surface area contributed by atoms with Crippen LogP contribution in [0.1, 0.15) is 31.7 Å². The third-order valence-corrected chi connectivity index (χ3v) is 4.15. The van der Waals surface area contributed by atoms with Gasteiger partial charge in [-0.05, 0) is 31.5 Å². The van der Waals surface area contributed by atoms with Gasteiger partial charge in [0.15, 0.2) is 0 Å². The Morgan fingerprint density at radius 2 is 2.24 bits per heavy atom. The number of nitrogens with zero attached hydrogens (tertiary/aromatic N) is 1. The average molecular weight is 250 g/mol. The molecule has 1 heterocycles. The lowest BCUT2D eigenvalue weighted by atomic mass is 9.99. The first kappa shape index (κ1) is 12.3. The predicted octanol–water partition coefficient (Wildman–Crippen LogP) is 3.28. The van der Waals surface area contributed by atoms with Crippen LogP contribution in [0.2, 0.25) is 0 Å². The standard InChI is InChI=1S/C13H18N2OS/c1-4-7-13(2,14)12-15-10-6-5-9(16-3)8-11(10)17-12/h5-6,8H,4,7,14H2,1-3H3. The van der Waals surface area contributed by atoms with Crippen molar-refractivity contribution < 1.29 is 4.74 Å². The summed E-state index contributed by atoms with van der Waals surface area (Å²) in [5.74, 6) is 0.863. The molecule has 0 saturated heterocycles. The Balaban J connectivity index is 2.44. The Hall–Kier alpha value is -1.13. The number of benzene rings is 1. The fourth-order valence-electron chi connectivity index (χ4n) is 1.90. The number of fused-ring (bicyclic) bond motifs is 1. The molecule has 2 aromatic rings. The van der Waals surface area contributed by atoms with Crippen LogP contribution in [0.15, 0.2) is 18.2 Å². The largest absolute Gasteiger partial charge is 0.497 e. The Bertz CT molecular complexity index is 519. The van der Waals surface area contributed by atoms with Gasteiger partial charge in [0.2, 0.25) is 0 Å². The monoisotopic (exact) mass is 250 g/mol. The normalized spacial score (nSPS) is 14.8. The van der Waals surface area contributed by atoms with Gasteiger partial charge >= 0.3 is 0 Å². The molecule has 0 radical (unpaired) electrons. The average Bonchev–Trinajstić information content (AvgIpc) is 2.72. The molecular weight excluding hydrogens is 232 g/mol. The van der Waals surface area contributed by atoms with Gasteiger partial charge in [0.25, 0.3) is 0 Å². The minimum atomic E-state index is -0.328. The van der Waals surface area contributed by atoms with E-state index in [1.807, 2.05) is 25.1 Å². The van der Waals surface area contributed by atoms with Crippen LogP contribution in [-0.2, 0) is 5.54 Å². The number of aromatic nitrogens is 1. The minimum Gasteiger partial charge on any atom is -0.497 e. The van der Waals surface area contributed by atoms with Crippen LogP contribution in [-0.4, -0.2) is 12.1 Å². The second kappa shape index (κ2) is 4.63. The van der Waals surface area contributed by atoms with Crippen molar-refractivity contribution in [3.63, 3.8) is 0 Å². The molecule has 4 heteroatoms. The molecule has 1 atom stereocenters. The van der Waals surface area contributed by atoms with Crippen LogP contribution < -0.4 is 10.5 Å². The molecule has 0 spiro atoms. The molecule has 3 nitrogen and oxygen atoms in total. The molecule has 0 saturated carbocycles. The Labute approximate surface area is 106 Å². The first-order valence-corrected chi connectivity index (χ1v) is 6.62. The number of methoxy groups -OCH3 is 1. The number of thiazole rings is 1. The van der Waals surface area contributed by atoms with Gasteiger partial charge in [0.05, 0.1) is 22.9 Å². The molecule has 0 aliphatic heterocycles. The molecule has 0 bridgehead atoms. The molecule has 17 heavy (non-hydrogen) atoms. The van der Waals surface area contributed by atoms with Crippen molar-refractivity contribution in [1.82, 2.24) is 4.98 Å². The lowest BCUT2D eigenvalue weighted by Crippen LogP contribution is -2.32. The summed E-state index contributed by atoms with van der Waals surface area (Å²) in [6.45, 7) is 4.19. The second-order valence-electron chi connectivity index (χ2n) is 4.52. The van der Waals surface area contributed by atoms with Crippen molar-refractivity contribution in [3.05, 3.63) is 23.2 Å². The van der Waals surface area contributed by atoms with E-state index in [9.17, 15) is 0 Å². The van der Waals surface area contributed by atoms with Gasteiger partial charge < -0.3 is 10.5 Å². The van der Waals surface area contributed by atoms with Crippen LogP contribution >= 0.6 is 11.3 Å². The molecule has 1 unspecified atom stereocenters. The molecule has 92 valence electrons. The Kier molecular flexibility index (Phi) is 3.35. The number of nitrogens with two attached hydrogens (primary N) is 1. The zero-order valence-electron chi connectivity index (χ0n) is 10.5. The highest BCUT2D eigenvalue weighted by molar-refractivity contribution is 7.18. The van der Waals surface area contributed by atoms with E-state index in [2.05, 4.69) is 11.9 Å². The summed E-state index contributed by atoms with van der Waals surface area (Å²) in [7, 11) is 1.67. The highest BCUT2D eigenvalue weighted by Crippen LogP contribution is 2.32.